The lowest BCUT2D eigenvalue weighted by molar-refractivity contribution is 0.0883. The number of piperazine rings is 1. The molecule has 0 bridgehead atoms. The third-order valence-electron chi connectivity index (χ3n) is 4.40. The second-order valence-corrected chi connectivity index (χ2v) is 6.21. The van der Waals surface area contributed by atoms with Gasteiger partial charge in [0, 0.05) is 51.5 Å². The molecule has 0 aliphatic carbocycles. The monoisotopic (exact) mass is 259 g/mol. The van der Waals surface area contributed by atoms with Crippen LogP contribution in [0.15, 0.2) is 24.3 Å². The molecule has 0 spiro atoms. The molecule has 0 N–H and O–H groups in total. The molecule has 2 aliphatic heterocycles. The predicted octanol–water partition coefficient (Wildman–Crippen LogP) is 1.68. The number of hydrogen-bond acceptors (Lipinski definition) is 3. The average molecular weight is 259 g/mol. The molecule has 2 heterocycles. The molecule has 3 heteroatoms. The summed E-state index contributed by atoms with van der Waals surface area (Å²) in [5.74, 6) is 0.913. The Bertz CT molecular complexity index is 418. The quantitative estimate of drug-likeness (QED) is 0.818. The molecule has 2 saturated heterocycles. The van der Waals surface area contributed by atoms with Gasteiger partial charge in [0.25, 0.3) is 0 Å². The van der Waals surface area contributed by atoms with Crippen LogP contribution in [0.4, 0.5) is 5.69 Å². The molecule has 3 rings (SSSR count). The predicted molar refractivity (Wildman–Crippen MR) is 80.8 cm³/mol. The van der Waals surface area contributed by atoms with Crippen LogP contribution in [0.1, 0.15) is 5.56 Å². The van der Waals surface area contributed by atoms with Gasteiger partial charge in [-0.3, -0.25) is 4.90 Å². The van der Waals surface area contributed by atoms with Gasteiger partial charge in [0.2, 0.25) is 0 Å². The lowest BCUT2D eigenvalue weighted by atomic mass is 10.0. The van der Waals surface area contributed by atoms with E-state index in [1.54, 1.807) is 0 Å². The number of anilines is 1. The van der Waals surface area contributed by atoms with Crippen LogP contribution in [0, 0.1) is 12.8 Å². The zero-order chi connectivity index (χ0) is 13.2. The maximum atomic E-state index is 2.64. The molecule has 0 unspecified atom stereocenters. The molecule has 0 amide bonds. The molecule has 0 atom stereocenters. The van der Waals surface area contributed by atoms with Crippen LogP contribution in [-0.4, -0.2) is 62.7 Å². The lowest BCUT2D eigenvalue weighted by Gasteiger charge is -2.42. The van der Waals surface area contributed by atoms with Crippen molar-refractivity contribution in [3.8, 4) is 0 Å². The third kappa shape index (κ3) is 3.10. The van der Waals surface area contributed by atoms with Gasteiger partial charge in [-0.05, 0) is 37.6 Å². The van der Waals surface area contributed by atoms with Crippen LogP contribution < -0.4 is 4.90 Å². The van der Waals surface area contributed by atoms with Gasteiger partial charge in [-0.25, -0.2) is 0 Å². The molecule has 19 heavy (non-hydrogen) atoms. The van der Waals surface area contributed by atoms with Gasteiger partial charge >= 0.3 is 0 Å². The van der Waals surface area contributed by atoms with E-state index in [0.29, 0.717) is 0 Å². The number of benzene rings is 1. The maximum Gasteiger partial charge on any atom is 0.0369 e. The topological polar surface area (TPSA) is 9.72 Å². The van der Waals surface area contributed by atoms with Crippen molar-refractivity contribution >= 4 is 5.69 Å². The van der Waals surface area contributed by atoms with Crippen molar-refractivity contribution in [1.82, 2.24) is 9.80 Å². The second kappa shape index (κ2) is 5.51. The first-order chi connectivity index (χ1) is 9.20. The SMILES string of the molecule is Cc1cccc(N2CCN(CC3CN(C)C3)CC2)c1. The zero-order valence-electron chi connectivity index (χ0n) is 12.2. The summed E-state index contributed by atoms with van der Waals surface area (Å²) in [4.78, 5) is 7.58. The first-order valence-electron chi connectivity index (χ1n) is 7.43. The van der Waals surface area contributed by atoms with Crippen molar-refractivity contribution in [1.29, 1.82) is 0 Å². The van der Waals surface area contributed by atoms with Gasteiger partial charge in [0.15, 0.2) is 0 Å². The van der Waals surface area contributed by atoms with Crippen LogP contribution in [0.2, 0.25) is 0 Å². The van der Waals surface area contributed by atoms with E-state index in [1.165, 1.54) is 57.1 Å². The molecule has 2 fully saturated rings. The summed E-state index contributed by atoms with van der Waals surface area (Å²) in [7, 11) is 2.21. The van der Waals surface area contributed by atoms with Crippen LogP contribution >= 0.6 is 0 Å². The average Bonchev–Trinajstić information content (AvgIpc) is 2.38. The van der Waals surface area contributed by atoms with Crippen molar-refractivity contribution in [3.63, 3.8) is 0 Å². The first-order valence-corrected chi connectivity index (χ1v) is 7.43. The van der Waals surface area contributed by atoms with Crippen LogP contribution in [0.5, 0.6) is 0 Å². The Labute approximate surface area is 116 Å². The van der Waals surface area contributed by atoms with Gasteiger partial charge in [0.05, 0.1) is 0 Å². The van der Waals surface area contributed by atoms with E-state index in [-0.39, 0.29) is 0 Å². The van der Waals surface area contributed by atoms with E-state index in [2.05, 4.69) is 52.9 Å². The van der Waals surface area contributed by atoms with E-state index in [1.807, 2.05) is 0 Å². The Hall–Kier alpha value is -1.06. The van der Waals surface area contributed by atoms with E-state index >= 15 is 0 Å². The molecule has 0 saturated carbocycles. The second-order valence-electron chi connectivity index (χ2n) is 6.21. The third-order valence-corrected chi connectivity index (χ3v) is 4.40. The molecule has 104 valence electrons. The Morgan fingerprint density at radius 2 is 1.84 bits per heavy atom. The molecule has 2 aliphatic rings. The molecule has 0 aromatic heterocycles. The molecule has 3 nitrogen and oxygen atoms in total. The van der Waals surface area contributed by atoms with Gasteiger partial charge in [0.1, 0.15) is 0 Å². The maximum absolute atomic E-state index is 2.64. The fraction of sp³-hybridized carbons (Fsp3) is 0.625. The lowest BCUT2D eigenvalue weighted by Crippen LogP contribution is -2.53. The standard InChI is InChI=1S/C16H25N3/c1-14-4-3-5-16(10-14)19-8-6-18(7-9-19)13-15-11-17(2)12-15/h3-5,10,15H,6-9,11-13H2,1-2H3. The zero-order valence-corrected chi connectivity index (χ0v) is 12.2. The fourth-order valence-corrected chi connectivity index (χ4v) is 3.32. The summed E-state index contributed by atoms with van der Waals surface area (Å²) in [6, 6.07) is 8.88. The Morgan fingerprint density at radius 1 is 1.11 bits per heavy atom. The summed E-state index contributed by atoms with van der Waals surface area (Å²) in [6.45, 7) is 10.8. The minimum absolute atomic E-state index is 0.913. The van der Waals surface area contributed by atoms with Crippen LogP contribution in [0.3, 0.4) is 0 Å². The summed E-state index contributed by atoms with van der Waals surface area (Å²) < 4.78 is 0. The minimum Gasteiger partial charge on any atom is -0.369 e. The van der Waals surface area contributed by atoms with Crippen molar-refractivity contribution in [3.05, 3.63) is 29.8 Å². The van der Waals surface area contributed by atoms with Crippen molar-refractivity contribution in [2.45, 2.75) is 6.92 Å². The molecular formula is C16H25N3. The van der Waals surface area contributed by atoms with Crippen molar-refractivity contribution in [2.24, 2.45) is 5.92 Å². The Morgan fingerprint density at radius 3 is 2.47 bits per heavy atom. The molecule has 0 radical (unpaired) electrons. The summed E-state index contributed by atoms with van der Waals surface area (Å²) in [6.07, 6.45) is 0. The summed E-state index contributed by atoms with van der Waals surface area (Å²) in [5, 5.41) is 0. The van der Waals surface area contributed by atoms with Crippen molar-refractivity contribution < 1.29 is 0 Å². The van der Waals surface area contributed by atoms with Crippen molar-refractivity contribution in [2.75, 3.05) is 57.8 Å². The van der Waals surface area contributed by atoms with E-state index in [4.69, 9.17) is 0 Å². The minimum atomic E-state index is 0.913. The van der Waals surface area contributed by atoms with E-state index in [9.17, 15) is 0 Å². The molecular weight excluding hydrogens is 234 g/mol. The highest BCUT2D eigenvalue weighted by atomic mass is 15.3. The fourth-order valence-electron chi connectivity index (χ4n) is 3.32. The van der Waals surface area contributed by atoms with Gasteiger partial charge in [-0.1, -0.05) is 12.1 Å². The number of nitrogens with zero attached hydrogens (tertiary/aromatic N) is 3. The number of aryl methyl sites for hydroxylation is 1. The highest BCUT2D eigenvalue weighted by molar-refractivity contribution is 5.48. The van der Waals surface area contributed by atoms with E-state index in [0.717, 1.165) is 5.92 Å². The number of rotatable bonds is 3. The van der Waals surface area contributed by atoms with E-state index < -0.39 is 0 Å². The van der Waals surface area contributed by atoms with Gasteiger partial charge in [-0.2, -0.15) is 0 Å². The van der Waals surface area contributed by atoms with Gasteiger partial charge < -0.3 is 9.80 Å². The summed E-state index contributed by atoms with van der Waals surface area (Å²) in [5.41, 5.74) is 2.75. The van der Waals surface area contributed by atoms with Crippen LogP contribution in [0.25, 0.3) is 0 Å². The Balaban J connectivity index is 1.49. The molecule has 1 aromatic rings. The first kappa shape index (κ1) is 12.9. The smallest absolute Gasteiger partial charge is 0.0369 e. The Kier molecular flexibility index (Phi) is 3.76. The highest BCUT2D eigenvalue weighted by Gasteiger charge is 2.26. The summed E-state index contributed by atoms with van der Waals surface area (Å²) >= 11 is 0. The molecule has 1 aromatic carbocycles. The highest BCUT2D eigenvalue weighted by Crippen LogP contribution is 2.19. The van der Waals surface area contributed by atoms with Crippen LogP contribution in [-0.2, 0) is 0 Å². The van der Waals surface area contributed by atoms with Gasteiger partial charge in [-0.15, -0.1) is 0 Å². The largest absolute Gasteiger partial charge is 0.369 e. The normalized spacial score (nSPS) is 22.5. The number of likely N-dealkylation sites (tertiary alicyclic amines) is 1. The number of hydrogen-bond donors (Lipinski definition) is 0.